The highest BCUT2D eigenvalue weighted by Crippen LogP contribution is 2.38. The van der Waals surface area contributed by atoms with Crippen molar-refractivity contribution in [2.45, 2.75) is 52.5 Å². The van der Waals surface area contributed by atoms with Gasteiger partial charge in [0.05, 0.1) is 13.1 Å². The van der Waals surface area contributed by atoms with Gasteiger partial charge in [-0.1, -0.05) is 32.9 Å². The van der Waals surface area contributed by atoms with Crippen LogP contribution in [-0.4, -0.2) is 11.1 Å². The van der Waals surface area contributed by atoms with E-state index in [0.717, 1.165) is 17.4 Å². The molecule has 1 fully saturated rings. The average Bonchev–Trinajstić information content (AvgIpc) is 2.52. The van der Waals surface area contributed by atoms with E-state index in [-0.39, 0.29) is 0 Å². The van der Waals surface area contributed by atoms with Crippen LogP contribution in [0.3, 0.4) is 0 Å². The van der Waals surface area contributed by atoms with Crippen molar-refractivity contribution in [3.63, 3.8) is 0 Å². The molecule has 124 valence electrons. The Labute approximate surface area is 139 Å². The Morgan fingerprint density at radius 1 is 1.00 bits per heavy atom. The second kappa shape index (κ2) is 6.06. The molecule has 1 aromatic heterocycles. The van der Waals surface area contributed by atoms with Crippen LogP contribution >= 0.6 is 0 Å². The predicted molar refractivity (Wildman–Crippen MR) is 92.9 cm³/mol. The van der Waals surface area contributed by atoms with Gasteiger partial charge in [-0.2, -0.15) is 0 Å². The molecule has 1 aromatic carbocycles. The largest absolute Gasteiger partial charge is 0.458 e. The molecule has 4 heteroatoms. The van der Waals surface area contributed by atoms with Crippen molar-refractivity contribution in [1.29, 1.82) is 0 Å². The lowest BCUT2D eigenvalue weighted by Crippen LogP contribution is -2.47. The lowest BCUT2D eigenvalue weighted by molar-refractivity contribution is -0.733. The summed E-state index contributed by atoms with van der Waals surface area (Å²) >= 11 is 0. The molecular formula is C19H30N4+2. The molecule has 0 saturated heterocycles. The number of anilines is 1. The average molecular weight is 314 g/mol. The van der Waals surface area contributed by atoms with Crippen molar-refractivity contribution >= 4 is 17.0 Å². The molecule has 4 nitrogen and oxygen atoms in total. The van der Waals surface area contributed by atoms with Gasteiger partial charge < -0.3 is 0 Å². The van der Waals surface area contributed by atoms with Crippen LogP contribution in [0.1, 0.15) is 46.5 Å². The smallest absolute Gasteiger partial charge is 0.267 e. The summed E-state index contributed by atoms with van der Waals surface area (Å²) in [5, 5.41) is 8.42. The van der Waals surface area contributed by atoms with Crippen LogP contribution in [0.15, 0.2) is 24.3 Å². The van der Waals surface area contributed by atoms with E-state index >= 15 is 0 Å². The fraction of sp³-hybridized carbons (Fsp3) is 0.632. The molecule has 0 spiro atoms. The van der Waals surface area contributed by atoms with Gasteiger partial charge >= 0.3 is 5.95 Å². The van der Waals surface area contributed by atoms with Crippen LogP contribution < -0.4 is 14.6 Å². The number of aromatic nitrogens is 3. The van der Waals surface area contributed by atoms with Crippen molar-refractivity contribution in [3.8, 4) is 0 Å². The highest BCUT2D eigenvalue weighted by molar-refractivity contribution is 5.67. The Bertz CT molecular complexity index is 694. The zero-order chi connectivity index (χ0) is 16.6. The Kier molecular flexibility index (Phi) is 4.26. The summed E-state index contributed by atoms with van der Waals surface area (Å²) in [5.41, 5.74) is 2.79. The van der Waals surface area contributed by atoms with E-state index < -0.39 is 0 Å². The molecular weight excluding hydrogens is 284 g/mol. The number of nitrogens with one attached hydrogen (secondary N) is 1. The SMILES string of the molecule is C[n+]1nc(NC2CCC(C(C)(C)C)CC2)[n+](C)c2ccccc21. The summed E-state index contributed by atoms with van der Waals surface area (Å²) in [6.45, 7) is 7.11. The number of aryl methyl sites for hydroxylation is 2. The minimum Gasteiger partial charge on any atom is -0.267 e. The van der Waals surface area contributed by atoms with Gasteiger partial charge in [-0.05, 0) is 47.8 Å². The summed E-state index contributed by atoms with van der Waals surface area (Å²) in [7, 11) is 4.11. The Morgan fingerprint density at radius 3 is 2.22 bits per heavy atom. The van der Waals surface area contributed by atoms with Gasteiger partial charge in [-0.3, -0.25) is 5.32 Å². The van der Waals surface area contributed by atoms with E-state index in [4.69, 9.17) is 5.10 Å². The Morgan fingerprint density at radius 2 is 1.61 bits per heavy atom. The zero-order valence-corrected chi connectivity index (χ0v) is 15.1. The number of hydrogen-bond donors (Lipinski definition) is 1. The molecule has 0 atom stereocenters. The lowest BCUT2D eigenvalue weighted by Gasteiger charge is -2.36. The number of rotatable bonds is 2. The van der Waals surface area contributed by atoms with Crippen LogP contribution in [0.5, 0.6) is 0 Å². The van der Waals surface area contributed by atoms with Crippen LogP contribution in [-0.2, 0) is 14.1 Å². The lowest BCUT2D eigenvalue weighted by atomic mass is 9.71. The van der Waals surface area contributed by atoms with E-state index in [1.807, 2.05) is 11.7 Å². The molecule has 1 N–H and O–H groups in total. The van der Waals surface area contributed by atoms with E-state index in [9.17, 15) is 0 Å². The van der Waals surface area contributed by atoms with E-state index in [0.29, 0.717) is 11.5 Å². The zero-order valence-electron chi connectivity index (χ0n) is 15.1. The van der Waals surface area contributed by atoms with Crippen LogP contribution in [0.4, 0.5) is 5.95 Å². The molecule has 0 amide bonds. The molecule has 3 rings (SSSR count). The second-order valence-electron chi connectivity index (χ2n) is 8.05. The fourth-order valence-corrected chi connectivity index (χ4v) is 3.81. The van der Waals surface area contributed by atoms with Crippen molar-refractivity contribution in [2.75, 3.05) is 5.32 Å². The standard InChI is InChI=1S/C19H29N4/c1-19(2,3)14-10-12-15(13-11-14)20-18-21-23(5)17-9-7-6-8-16(17)22(18)4/h6-9,14-15H,10-13H2,1-5H3/q+1/p+1. The molecule has 1 aliphatic carbocycles. The number of fused-ring (bicyclic) bond motifs is 1. The molecule has 0 bridgehead atoms. The summed E-state index contributed by atoms with van der Waals surface area (Å²) in [6.07, 6.45) is 5.09. The van der Waals surface area contributed by atoms with Gasteiger partial charge in [-0.15, -0.1) is 0 Å². The normalized spacial score (nSPS) is 22.3. The van der Waals surface area contributed by atoms with E-state index in [1.54, 1.807) is 0 Å². The van der Waals surface area contributed by atoms with Crippen molar-refractivity contribution in [3.05, 3.63) is 24.3 Å². The quantitative estimate of drug-likeness (QED) is 0.865. The maximum absolute atomic E-state index is 4.73. The van der Waals surface area contributed by atoms with Crippen LogP contribution in [0, 0.1) is 11.3 Å². The fourth-order valence-electron chi connectivity index (χ4n) is 3.81. The monoisotopic (exact) mass is 314 g/mol. The molecule has 1 aliphatic rings. The molecule has 2 aromatic rings. The molecule has 1 saturated carbocycles. The van der Waals surface area contributed by atoms with Gasteiger partial charge in [-0.25, -0.2) is 4.57 Å². The first kappa shape index (κ1) is 16.2. The summed E-state index contributed by atoms with van der Waals surface area (Å²) in [5.74, 6) is 1.81. The Hall–Kier alpha value is -1.71. The maximum atomic E-state index is 4.73. The highest BCUT2D eigenvalue weighted by atomic mass is 15.4. The third-order valence-corrected chi connectivity index (χ3v) is 5.44. The van der Waals surface area contributed by atoms with Crippen molar-refractivity contribution in [2.24, 2.45) is 25.4 Å². The highest BCUT2D eigenvalue weighted by Gasteiger charge is 2.32. The molecule has 23 heavy (non-hydrogen) atoms. The second-order valence-corrected chi connectivity index (χ2v) is 8.05. The molecule has 0 unspecified atom stereocenters. The maximum Gasteiger partial charge on any atom is 0.458 e. The molecule has 1 heterocycles. The van der Waals surface area contributed by atoms with Gasteiger partial charge in [0.15, 0.2) is 17.7 Å². The molecule has 0 aliphatic heterocycles. The van der Waals surface area contributed by atoms with E-state index in [1.165, 1.54) is 31.2 Å². The Balaban J connectivity index is 1.77. The van der Waals surface area contributed by atoms with Crippen LogP contribution in [0.25, 0.3) is 11.0 Å². The van der Waals surface area contributed by atoms with E-state index in [2.05, 4.69) is 62.0 Å². The first-order valence-electron chi connectivity index (χ1n) is 8.78. The topological polar surface area (TPSA) is 32.7 Å². The summed E-state index contributed by atoms with van der Waals surface area (Å²) < 4.78 is 4.14. The van der Waals surface area contributed by atoms with Gasteiger partial charge in [0.2, 0.25) is 0 Å². The predicted octanol–water partition coefficient (Wildman–Crippen LogP) is 2.90. The van der Waals surface area contributed by atoms with Gasteiger partial charge in [0, 0.05) is 6.07 Å². The van der Waals surface area contributed by atoms with Gasteiger partial charge in [0.1, 0.15) is 0 Å². The molecule has 0 radical (unpaired) electrons. The minimum absolute atomic E-state index is 0.434. The number of hydrogen-bond acceptors (Lipinski definition) is 2. The third-order valence-electron chi connectivity index (χ3n) is 5.44. The van der Waals surface area contributed by atoms with Crippen molar-refractivity contribution in [1.82, 2.24) is 5.10 Å². The summed E-state index contributed by atoms with van der Waals surface area (Å²) in [6, 6.07) is 8.94. The van der Waals surface area contributed by atoms with Crippen LogP contribution in [0.2, 0.25) is 0 Å². The first-order chi connectivity index (χ1) is 10.9. The third kappa shape index (κ3) is 3.31. The van der Waals surface area contributed by atoms with Gasteiger partial charge in [0.25, 0.3) is 5.52 Å². The number of benzene rings is 1. The number of nitrogens with zero attached hydrogens (tertiary/aromatic N) is 3. The first-order valence-corrected chi connectivity index (χ1v) is 8.78. The number of para-hydroxylation sites is 2. The summed E-state index contributed by atoms with van der Waals surface area (Å²) in [4.78, 5) is 0. The van der Waals surface area contributed by atoms with Crippen molar-refractivity contribution < 1.29 is 9.25 Å². The minimum atomic E-state index is 0.434.